The van der Waals surface area contributed by atoms with Crippen molar-refractivity contribution in [3.8, 4) is 5.69 Å². The fourth-order valence-electron chi connectivity index (χ4n) is 5.35. The first-order valence-electron chi connectivity index (χ1n) is 13.2. The molecule has 3 N–H and O–H groups in total. The molecule has 2 aromatic carbocycles. The average molecular weight is 555 g/mol. The van der Waals surface area contributed by atoms with Crippen molar-refractivity contribution in [3.05, 3.63) is 70.8 Å². The van der Waals surface area contributed by atoms with E-state index in [0.717, 1.165) is 48.3 Å². The molecule has 3 aromatic rings. The molecular weight excluding hydrogens is 523 g/mol. The van der Waals surface area contributed by atoms with Crippen LogP contribution in [0.15, 0.2) is 48.7 Å². The first-order valence-corrected chi connectivity index (χ1v) is 13.6. The Balaban J connectivity index is 1.45. The topological polar surface area (TPSA) is 103 Å². The molecular formula is C28H32ClFN6O3. The summed E-state index contributed by atoms with van der Waals surface area (Å²) in [5, 5.41) is 20.6. The molecule has 0 aliphatic carbocycles. The summed E-state index contributed by atoms with van der Waals surface area (Å²) in [6, 6.07) is 12.2. The summed E-state index contributed by atoms with van der Waals surface area (Å²) in [6.45, 7) is 3.29. The minimum atomic E-state index is -1.02. The largest absolute Gasteiger partial charge is 0.465 e. The van der Waals surface area contributed by atoms with Crippen LogP contribution in [0.3, 0.4) is 0 Å². The smallest absolute Gasteiger partial charge is 0.407 e. The molecule has 0 radical (unpaired) electrons. The zero-order valence-corrected chi connectivity index (χ0v) is 22.5. The van der Waals surface area contributed by atoms with Crippen LogP contribution in [0.1, 0.15) is 43.0 Å². The predicted molar refractivity (Wildman–Crippen MR) is 148 cm³/mol. The Morgan fingerprint density at radius 1 is 1.18 bits per heavy atom. The van der Waals surface area contributed by atoms with E-state index in [-0.39, 0.29) is 29.2 Å². The van der Waals surface area contributed by atoms with Crippen molar-refractivity contribution in [2.24, 2.45) is 0 Å². The number of hydrogen-bond acceptors (Lipinski definition) is 5. The number of hydrogen-bond donors (Lipinski definition) is 3. The van der Waals surface area contributed by atoms with Crippen molar-refractivity contribution < 1.29 is 19.1 Å². The number of nitrogens with one attached hydrogen (secondary N) is 2. The zero-order valence-electron chi connectivity index (χ0n) is 21.7. The van der Waals surface area contributed by atoms with Gasteiger partial charge in [-0.15, -0.1) is 0 Å². The minimum Gasteiger partial charge on any atom is -0.465 e. The van der Waals surface area contributed by atoms with E-state index in [9.17, 15) is 19.1 Å². The molecule has 2 amide bonds. The quantitative estimate of drug-likeness (QED) is 0.422. The van der Waals surface area contributed by atoms with Crippen LogP contribution in [0, 0.1) is 12.7 Å². The van der Waals surface area contributed by atoms with Gasteiger partial charge in [-0.3, -0.25) is 4.79 Å². The highest BCUT2D eigenvalue weighted by molar-refractivity contribution is 6.30. The number of carboxylic acid groups (broad SMARTS) is 1. The second-order valence-corrected chi connectivity index (χ2v) is 10.4. The van der Waals surface area contributed by atoms with Gasteiger partial charge in [-0.2, -0.15) is 5.10 Å². The van der Waals surface area contributed by atoms with Crippen molar-refractivity contribution in [3.63, 3.8) is 0 Å². The maximum Gasteiger partial charge on any atom is 0.407 e. The van der Waals surface area contributed by atoms with E-state index in [0.29, 0.717) is 19.6 Å². The van der Waals surface area contributed by atoms with Crippen LogP contribution in [0.4, 0.5) is 20.6 Å². The number of rotatable bonds is 3. The van der Waals surface area contributed by atoms with Crippen LogP contribution in [-0.2, 0) is 4.79 Å². The first-order chi connectivity index (χ1) is 18.8. The van der Waals surface area contributed by atoms with E-state index in [1.165, 1.54) is 11.0 Å². The fraction of sp³-hybridized carbons (Fsp3) is 0.393. The molecule has 2 atom stereocenters. The Hall–Kier alpha value is -3.79. The van der Waals surface area contributed by atoms with Crippen LogP contribution >= 0.6 is 11.6 Å². The first kappa shape index (κ1) is 26.8. The van der Waals surface area contributed by atoms with Crippen LogP contribution in [0.2, 0.25) is 5.02 Å². The van der Waals surface area contributed by atoms with Gasteiger partial charge in [0.05, 0.1) is 35.2 Å². The van der Waals surface area contributed by atoms with E-state index >= 15 is 0 Å². The molecule has 0 spiro atoms. The summed E-state index contributed by atoms with van der Waals surface area (Å²) < 4.78 is 16.3. The number of amides is 2. The summed E-state index contributed by atoms with van der Waals surface area (Å²) >= 11 is 6.00. The van der Waals surface area contributed by atoms with Gasteiger partial charge in [0.1, 0.15) is 11.7 Å². The lowest BCUT2D eigenvalue weighted by molar-refractivity contribution is -0.123. The van der Waals surface area contributed by atoms with Crippen molar-refractivity contribution in [2.75, 3.05) is 36.4 Å². The summed E-state index contributed by atoms with van der Waals surface area (Å²) in [5.41, 5.74) is 3.76. The number of nitrogens with zero attached hydrogens (tertiary/aromatic N) is 4. The molecule has 0 unspecified atom stereocenters. The molecule has 0 saturated carbocycles. The number of piperazine rings is 1. The van der Waals surface area contributed by atoms with E-state index in [2.05, 4.69) is 27.9 Å². The minimum absolute atomic E-state index is 0.0411. The van der Waals surface area contributed by atoms with Gasteiger partial charge >= 0.3 is 6.09 Å². The molecule has 39 heavy (non-hydrogen) atoms. The van der Waals surface area contributed by atoms with Crippen molar-refractivity contribution in [1.29, 1.82) is 0 Å². The number of anilines is 2. The van der Waals surface area contributed by atoms with Gasteiger partial charge in [0.25, 0.3) is 0 Å². The highest BCUT2D eigenvalue weighted by atomic mass is 35.5. The highest BCUT2D eigenvalue weighted by Crippen LogP contribution is 2.32. The van der Waals surface area contributed by atoms with E-state index < -0.39 is 18.0 Å². The van der Waals surface area contributed by atoms with Gasteiger partial charge in [-0.25, -0.2) is 13.9 Å². The molecule has 1 fully saturated rings. The Kier molecular flexibility index (Phi) is 7.92. The van der Waals surface area contributed by atoms with Crippen molar-refractivity contribution >= 4 is 35.0 Å². The van der Waals surface area contributed by atoms with Crippen molar-refractivity contribution in [1.82, 2.24) is 20.0 Å². The van der Waals surface area contributed by atoms with Crippen LogP contribution in [-0.4, -0.2) is 64.0 Å². The standard InChI is InChI=1S/C28H32ClFN6O3/c1-18-23(16-32-36(18)24-11-6-9-21(29)26(24)30)33-22-10-3-2-4-12-31-27(37)25-17-34(28(38)39)13-14-35(25)20-8-5-7-19(22)15-20/h5-9,11,15-16,22,25,33H,2-4,10,12-14,17H2,1H3,(H,31,37)(H,38,39)/t22-,25+/m0/s1. The van der Waals surface area contributed by atoms with Gasteiger partial charge in [0.2, 0.25) is 5.91 Å². The maximum absolute atomic E-state index is 14.7. The molecule has 2 aliphatic heterocycles. The predicted octanol–water partition coefficient (Wildman–Crippen LogP) is 4.99. The summed E-state index contributed by atoms with van der Waals surface area (Å²) in [6.07, 6.45) is 4.23. The number of benzene rings is 2. The Labute approximate surface area is 231 Å². The maximum atomic E-state index is 14.7. The Morgan fingerprint density at radius 3 is 2.82 bits per heavy atom. The molecule has 5 rings (SSSR count). The molecule has 11 heteroatoms. The molecule has 2 bridgehead atoms. The van der Waals surface area contributed by atoms with Crippen LogP contribution in [0.25, 0.3) is 5.69 Å². The van der Waals surface area contributed by atoms with Crippen molar-refractivity contribution in [2.45, 2.75) is 44.7 Å². The van der Waals surface area contributed by atoms with Gasteiger partial charge in [-0.05, 0) is 49.6 Å². The van der Waals surface area contributed by atoms with Gasteiger partial charge in [0, 0.05) is 25.3 Å². The van der Waals surface area contributed by atoms with E-state index in [1.54, 1.807) is 23.0 Å². The summed E-state index contributed by atoms with van der Waals surface area (Å²) in [5.74, 6) is -0.677. The number of carbonyl (C=O) groups excluding carboxylic acids is 1. The van der Waals surface area contributed by atoms with E-state index in [1.807, 2.05) is 24.0 Å². The number of fused-ring (bicyclic) bond motifs is 4. The monoisotopic (exact) mass is 554 g/mol. The summed E-state index contributed by atoms with van der Waals surface area (Å²) in [7, 11) is 0. The second kappa shape index (κ2) is 11.5. The number of carbonyl (C=O) groups is 2. The number of halogens is 2. The molecule has 3 heterocycles. The number of aromatic nitrogens is 2. The zero-order chi connectivity index (χ0) is 27.5. The van der Waals surface area contributed by atoms with Gasteiger partial charge < -0.3 is 25.5 Å². The lowest BCUT2D eigenvalue weighted by Gasteiger charge is -2.41. The SMILES string of the molecule is Cc1c(N[C@H]2CCCCCNC(=O)[C@H]3CN(C(=O)O)CCN3c3cccc2c3)cnn1-c1cccc(Cl)c1F. The molecule has 1 saturated heterocycles. The third kappa shape index (κ3) is 5.66. The second-order valence-electron chi connectivity index (χ2n) is 10.00. The lowest BCUT2D eigenvalue weighted by Crippen LogP contribution is -2.60. The molecule has 9 nitrogen and oxygen atoms in total. The lowest BCUT2D eigenvalue weighted by atomic mass is 9.98. The molecule has 1 aromatic heterocycles. The van der Waals surface area contributed by atoms with Gasteiger partial charge in [0.15, 0.2) is 5.82 Å². The van der Waals surface area contributed by atoms with Crippen LogP contribution in [0.5, 0.6) is 0 Å². The average Bonchev–Trinajstić information content (AvgIpc) is 3.30. The normalized spacial score (nSPS) is 20.2. The Morgan fingerprint density at radius 2 is 2.00 bits per heavy atom. The third-order valence-corrected chi connectivity index (χ3v) is 7.82. The van der Waals surface area contributed by atoms with E-state index in [4.69, 9.17) is 11.6 Å². The molecule has 2 aliphatic rings. The fourth-order valence-corrected chi connectivity index (χ4v) is 5.52. The summed E-state index contributed by atoms with van der Waals surface area (Å²) in [4.78, 5) is 28.0. The highest BCUT2D eigenvalue weighted by Gasteiger charge is 2.34. The van der Waals surface area contributed by atoms with Crippen LogP contribution < -0.4 is 15.5 Å². The Bertz CT molecular complexity index is 1360. The van der Waals surface area contributed by atoms with Gasteiger partial charge in [-0.1, -0.05) is 42.6 Å². The molecule has 206 valence electrons. The third-order valence-electron chi connectivity index (χ3n) is 7.53.